The zero-order valence-electron chi connectivity index (χ0n) is 14.5. The Hall–Kier alpha value is -1.84. The summed E-state index contributed by atoms with van der Waals surface area (Å²) in [5, 5.41) is 4.19. The Labute approximate surface area is 161 Å². The molecule has 1 saturated heterocycles. The number of carbonyl (C=O) groups is 1. The number of hydrogen-bond acceptors (Lipinski definition) is 4. The molecule has 1 unspecified atom stereocenters. The Kier molecular flexibility index (Phi) is 6.23. The van der Waals surface area contributed by atoms with Crippen molar-refractivity contribution in [1.29, 1.82) is 0 Å². The molecule has 0 saturated carbocycles. The van der Waals surface area contributed by atoms with Crippen LogP contribution < -0.4 is 5.32 Å². The highest BCUT2D eigenvalue weighted by Crippen LogP contribution is 2.29. The predicted molar refractivity (Wildman–Crippen MR) is 98.7 cm³/mol. The lowest BCUT2D eigenvalue weighted by molar-refractivity contribution is -0.122. The van der Waals surface area contributed by atoms with Crippen LogP contribution in [0.2, 0.25) is 0 Å². The van der Waals surface area contributed by atoms with Gasteiger partial charge in [0.05, 0.1) is 0 Å². The van der Waals surface area contributed by atoms with Crippen molar-refractivity contribution in [3.05, 3.63) is 52.9 Å². The van der Waals surface area contributed by atoms with Crippen LogP contribution in [0.4, 0.5) is 8.78 Å². The second kappa shape index (κ2) is 8.45. The van der Waals surface area contributed by atoms with Crippen LogP contribution in [0.3, 0.4) is 0 Å². The first-order valence-corrected chi connectivity index (χ1v) is 11.0. The molecule has 27 heavy (non-hydrogen) atoms. The van der Waals surface area contributed by atoms with Crippen molar-refractivity contribution in [1.82, 2.24) is 9.62 Å². The lowest BCUT2D eigenvalue weighted by Crippen LogP contribution is -2.45. The third-order valence-electron chi connectivity index (χ3n) is 4.58. The largest absolute Gasteiger partial charge is 0.352 e. The molecule has 0 radical (unpaired) electrons. The highest BCUT2D eigenvalue weighted by molar-refractivity contribution is 7.91. The predicted octanol–water partition coefficient (Wildman–Crippen LogP) is 3.28. The van der Waals surface area contributed by atoms with Gasteiger partial charge in [0.25, 0.3) is 10.0 Å². The van der Waals surface area contributed by atoms with E-state index in [-0.39, 0.29) is 22.7 Å². The number of rotatable bonds is 6. The Morgan fingerprint density at radius 3 is 2.59 bits per heavy atom. The van der Waals surface area contributed by atoms with Crippen molar-refractivity contribution in [2.24, 2.45) is 0 Å². The van der Waals surface area contributed by atoms with E-state index in [0.717, 1.165) is 36.3 Å². The standard InChI is InChI=1S/C18H20F2N2O3S2/c19-15-6-3-7-16(20)14(15)12-21-17(23)11-13-5-1-2-9-22(13)27(24,25)18-8-4-10-26-18/h3-4,6-8,10,13H,1-2,5,9,11-12H2,(H,21,23). The molecule has 0 bridgehead atoms. The number of benzene rings is 1. The molecule has 1 aromatic carbocycles. The van der Waals surface area contributed by atoms with Crippen LogP contribution >= 0.6 is 11.3 Å². The van der Waals surface area contributed by atoms with E-state index in [1.807, 2.05) is 0 Å². The summed E-state index contributed by atoms with van der Waals surface area (Å²) in [6.45, 7) is 0.0852. The molecule has 0 spiro atoms. The molecule has 2 aromatic rings. The summed E-state index contributed by atoms with van der Waals surface area (Å²) < 4.78 is 54.6. The maximum absolute atomic E-state index is 13.7. The monoisotopic (exact) mass is 414 g/mol. The lowest BCUT2D eigenvalue weighted by atomic mass is 10.0. The van der Waals surface area contributed by atoms with Gasteiger partial charge in [-0.2, -0.15) is 4.31 Å². The van der Waals surface area contributed by atoms with Gasteiger partial charge in [-0.1, -0.05) is 18.6 Å². The molecule has 1 aromatic heterocycles. The van der Waals surface area contributed by atoms with Gasteiger partial charge in [0.1, 0.15) is 15.8 Å². The number of thiophene rings is 1. The van der Waals surface area contributed by atoms with E-state index in [0.29, 0.717) is 13.0 Å². The zero-order chi connectivity index (χ0) is 19.4. The van der Waals surface area contributed by atoms with Crippen LogP contribution in [0.5, 0.6) is 0 Å². The fourth-order valence-corrected chi connectivity index (χ4v) is 6.01. The van der Waals surface area contributed by atoms with E-state index in [2.05, 4.69) is 5.32 Å². The van der Waals surface area contributed by atoms with Crippen molar-refractivity contribution >= 4 is 27.3 Å². The summed E-state index contributed by atoms with van der Waals surface area (Å²) in [5.41, 5.74) is -0.211. The van der Waals surface area contributed by atoms with E-state index < -0.39 is 33.6 Å². The number of piperidine rings is 1. The molecule has 146 valence electrons. The molecule has 1 atom stereocenters. The molecular weight excluding hydrogens is 394 g/mol. The van der Waals surface area contributed by atoms with Gasteiger partial charge in [-0.05, 0) is 36.4 Å². The van der Waals surface area contributed by atoms with Crippen molar-refractivity contribution in [3.8, 4) is 0 Å². The van der Waals surface area contributed by atoms with Gasteiger partial charge in [0, 0.05) is 31.1 Å². The molecule has 1 N–H and O–H groups in total. The minimum absolute atomic E-state index is 0.0410. The van der Waals surface area contributed by atoms with E-state index in [4.69, 9.17) is 0 Å². The summed E-state index contributed by atoms with van der Waals surface area (Å²) in [7, 11) is -3.64. The summed E-state index contributed by atoms with van der Waals surface area (Å²) in [6, 6.07) is 6.27. The smallest absolute Gasteiger partial charge is 0.252 e. The van der Waals surface area contributed by atoms with Crippen LogP contribution in [0, 0.1) is 11.6 Å². The van der Waals surface area contributed by atoms with Gasteiger partial charge in [-0.15, -0.1) is 11.3 Å². The molecule has 9 heteroatoms. The average molecular weight is 414 g/mol. The second-order valence-corrected chi connectivity index (χ2v) is 9.44. The molecule has 0 aliphatic carbocycles. The van der Waals surface area contributed by atoms with Crippen molar-refractivity contribution in [2.75, 3.05) is 6.54 Å². The fraction of sp³-hybridized carbons (Fsp3) is 0.389. The van der Waals surface area contributed by atoms with E-state index >= 15 is 0 Å². The van der Waals surface area contributed by atoms with Gasteiger partial charge in [-0.25, -0.2) is 17.2 Å². The van der Waals surface area contributed by atoms with E-state index in [1.165, 1.54) is 10.4 Å². The van der Waals surface area contributed by atoms with E-state index in [1.54, 1.807) is 17.5 Å². The number of amides is 1. The minimum atomic E-state index is -3.64. The number of halogens is 2. The van der Waals surface area contributed by atoms with Crippen LogP contribution in [0.15, 0.2) is 39.9 Å². The van der Waals surface area contributed by atoms with Crippen molar-refractivity contribution in [3.63, 3.8) is 0 Å². The first kappa shape index (κ1) is 19.9. The lowest BCUT2D eigenvalue weighted by Gasteiger charge is -2.34. The number of sulfonamides is 1. The minimum Gasteiger partial charge on any atom is -0.352 e. The Balaban J connectivity index is 1.67. The molecule has 3 rings (SSSR count). The summed E-state index contributed by atoms with van der Waals surface area (Å²) in [6.07, 6.45) is 2.10. The molecule has 1 fully saturated rings. The molecule has 2 heterocycles. The number of carbonyl (C=O) groups excluding carboxylic acids is 1. The Morgan fingerprint density at radius 1 is 1.19 bits per heavy atom. The SMILES string of the molecule is O=C(CC1CCCCN1S(=O)(=O)c1cccs1)NCc1c(F)cccc1F. The maximum atomic E-state index is 13.7. The molecule has 5 nitrogen and oxygen atoms in total. The molecule has 1 amide bonds. The van der Waals surface area contributed by atoms with Crippen LogP contribution in [-0.4, -0.2) is 31.2 Å². The quantitative estimate of drug-likeness (QED) is 0.789. The maximum Gasteiger partial charge on any atom is 0.252 e. The topological polar surface area (TPSA) is 66.5 Å². The summed E-state index contributed by atoms with van der Waals surface area (Å²) >= 11 is 1.14. The molecule has 1 aliphatic heterocycles. The number of nitrogens with zero attached hydrogens (tertiary/aromatic N) is 1. The third kappa shape index (κ3) is 4.53. The van der Waals surface area contributed by atoms with Crippen molar-refractivity contribution in [2.45, 2.75) is 42.5 Å². The summed E-state index contributed by atoms with van der Waals surface area (Å²) in [4.78, 5) is 12.3. The molecule has 1 aliphatic rings. The fourth-order valence-electron chi connectivity index (χ4n) is 3.19. The summed E-state index contributed by atoms with van der Waals surface area (Å²) in [5.74, 6) is -1.89. The number of nitrogens with one attached hydrogen (secondary N) is 1. The zero-order valence-corrected chi connectivity index (χ0v) is 16.2. The van der Waals surface area contributed by atoms with Gasteiger partial charge < -0.3 is 5.32 Å². The highest BCUT2D eigenvalue weighted by Gasteiger charge is 2.35. The first-order chi connectivity index (χ1) is 12.9. The van der Waals surface area contributed by atoms with Crippen LogP contribution in [0.25, 0.3) is 0 Å². The van der Waals surface area contributed by atoms with Gasteiger partial charge in [0.15, 0.2) is 0 Å². The van der Waals surface area contributed by atoms with Crippen LogP contribution in [0.1, 0.15) is 31.2 Å². The average Bonchev–Trinajstić information content (AvgIpc) is 3.17. The van der Waals surface area contributed by atoms with E-state index in [9.17, 15) is 22.0 Å². The van der Waals surface area contributed by atoms with Crippen LogP contribution in [-0.2, 0) is 21.4 Å². The van der Waals surface area contributed by atoms with Crippen molar-refractivity contribution < 1.29 is 22.0 Å². The van der Waals surface area contributed by atoms with Gasteiger partial charge >= 0.3 is 0 Å². The second-order valence-electron chi connectivity index (χ2n) is 6.38. The Morgan fingerprint density at radius 2 is 1.93 bits per heavy atom. The highest BCUT2D eigenvalue weighted by atomic mass is 32.2. The molecular formula is C18H20F2N2O3S2. The third-order valence-corrected chi connectivity index (χ3v) is 7.90. The van der Waals surface area contributed by atoms with Gasteiger partial charge in [0.2, 0.25) is 5.91 Å². The van der Waals surface area contributed by atoms with Gasteiger partial charge in [-0.3, -0.25) is 4.79 Å². The Bertz CT molecular complexity index is 881. The normalized spacial score (nSPS) is 18.4. The number of hydrogen-bond donors (Lipinski definition) is 1. The first-order valence-electron chi connectivity index (χ1n) is 8.64.